The minimum atomic E-state index is -0.906. The van der Waals surface area contributed by atoms with Crippen LogP contribution in [0.3, 0.4) is 0 Å². The van der Waals surface area contributed by atoms with Crippen LogP contribution in [0, 0.1) is 18.2 Å². The highest BCUT2D eigenvalue weighted by Gasteiger charge is 2.49. The Morgan fingerprint density at radius 2 is 1.90 bits per heavy atom. The van der Waals surface area contributed by atoms with E-state index in [1.165, 1.54) is 0 Å². The van der Waals surface area contributed by atoms with Crippen molar-refractivity contribution < 1.29 is 23.7 Å². The molecule has 4 aliphatic heterocycles. The van der Waals surface area contributed by atoms with Crippen molar-refractivity contribution in [2.24, 2.45) is 0 Å². The summed E-state index contributed by atoms with van der Waals surface area (Å²) in [6, 6.07) is 11.2. The predicted octanol–water partition coefficient (Wildman–Crippen LogP) is 3.96. The van der Waals surface area contributed by atoms with E-state index >= 15 is 4.39 Å². The molecule has 1 amide bonds. The number of hydrogen-bond donors (Lipinski definition) is 1. The molecule has 2 N–H and O–H groups in total. The molecular formula is C37H40F2N7O2+. The summed E-state index contributed by atoms with van der Waals surface area (Å²) in [6.45, 7) is 6.44. The molecule has 11 heteroatoms. The van der Waals surface area contributed by atoms with Crippen LogP contribution in [0.5, 0.6) is 6.01 Å². The van der Waals surface area contributed by atoms with Crippen molar-refractivity contribution >= 4 is 39.6 Å². The lowest BCUT2D eigenvalue weighted by Gasteiger charge is -2.40. The number of carbonyl (C=O) groups is 1. The molecule has 4 saturated heterocycles. The van der Waals surface area contributed by atoms with Gasteiger partial charge in [0.25, 0.3) is 0 Å². The molecule has 4 fully saturated rings. The number of nitrogens with zero attached hydrogens (tertiary/aromatic N) is 6. The third-order valence-corrected chi connectivity index (χ3v) is 10.4. The topological polar surface area (TPSA) is 100 Å². The smallest absolute Gasteiger partial charge is 0.319 e. The fraction of sp³-hybridized carbons (Fsp3) is 0.432. The Morgan fingerprint density at radius 3 is 2.62 bits per heavy atom. The Hall–Kier alpha value is -4.69. The molecule has 8 rings (SSSR count). The minimum absolute atomic E-state index is 0.0328. The number of fused-ring (bicyclic) bond motifs is 5. The number of rotatable bonds is 6. The first-order valence-corrected chi connectivity index (χ1v) is 16.9. The molecule has 4 atom stereocenters. The van der Waals surface area contributed by atoms with E-state index in [9.17, 15) is 9.18 Å². The average molecular weight is 653 g/mol. The number of pyridine rings is 1. The molecule has 0 spiro atoms. The monoisotopic (exact) mass is 652 g/mol. The quantitative estimate of drug-likeness (QED) is 0.249. The zero-order chi connectivity index (χ0) is 33.6. The Morgan fingerprint density at radius 1 is 1.15 bits per heavy atom. The van der Waals surface area contributed by atoms with E-state index in [0.29, 0.717) is 48.4 Å². The normalized spacial score (nSPS) is 24.7. The Labute approximate surface area is 278 Å². The number of anilines is 1. The van der Waals surface area contributed by atoms with Crippen molar-refractivity contribution in [3.63, 3.8) is 0 Å². The fourth-order valence-electron chi connectivity index (χ4n) is 8.34. The van der Waals surface area contributed by atoms with Gasteiger partial charge in [-0.05, 0) is 43.7 Å². The number of aromatic nitrogens is 3. The molecule has 0 saturated carbocycles. The van der Waals surface area contributed by atoms with Gasteiger partial charge >= 0.3 is 11.9 Å². The highest BCUT2D eigenvalue weighted by molar-refractivity contribution is 6.23. The zero-order valence-corrected chi connectivity index (χ0v) is 27.3. The molecule has 6 heterocycles. The van der Waals surface area contributed by atoms with Crippen molar-refractivity contribution in [1.29, 1.82) is 0 Å². The molecule has 0 radical (unpaired) electrons. The third-order valence-electron chi connectivity index (χ3n) is 10.4. The van der Waals surface area contributed by atoms with Gasteiger partial charge in [0.15, 0.2) is 5.82 Å². The molecule has 2 bridgehead atoms. The number of alkyl halides is 1. The number of amides is 1. The van der Waals surface area contributed by atoms with Gasteiger partial charge in [0.2, 0.25) is 6.21 Å². The van der Waals surface area contributed by atoms with Crippen molar-refractivity contribution in [3.05, 3.63) is 54.0 Å². The second kappa shape index (κ2) is 12.7. The van der Waals surface area contributed by atoms with Gasteiger partial charge in [-0.15, -0.1) is 6.42 Å². The summed E-state index contributed by atoms with van der Waals surface area (Å²) in [5.74, 6) is 2.42. The highest BCUT2D eigenvalue weighted by atomic mass is 19.1. The van der Waals surface area contributed by atoms with E-state index in [2.05, 4.69) is 25.7 Å². The van der Waals surface area contributed by atoms with Crippen LogP contribution in [0.2, 0.25) is 0 Å². The largest absolute Gasteiger partial charge is 0.461 e. The maximum Gasteiger partial charge on any atom is 0.319 e. The number of ether oxygens (including phenoxy) is 1. The summed E-state index contributed by atoms with van der Waals surface area (Å²) in [5.41, 5.74) is 0.997. The summed E-state index contributed by atoms with van der Waals surface area (Å²) in [6.07, 6.45) is 11.5. The van der Waals surface area contributed by atoms with Crippen LogP contribution in [0.15, 0.2) is 42.6 Å². The van der Waals surface area contributed by atoms with Gasteiger partial charge in [-0.3, -0.25) is 20.1 Å². The second-order valence-electron chi connectivity index (χ2n) is 12.9. The Bertz CT molecular complexity index is 1930. The summed E-state index contributed by atoms with van der Waals surface area (Å²) >= 11 is 0. The minimum Gasteiger partial charge on any atom is -0.461 e. The summed E-state index contributed by atoms with van der Waals surface area (Å²) in [5, 5.41) is 7.66. The first-order chi connectivity index (χ1) is 23.4. The van der Waals surface area contributed by atoms with Crippen LogP contribution in [-0.2, 0) is 4.79 Å². The highest BCUT2D eigenvalue weighted by Crippen LogP contribution is 2.42. The van der Waals surface area contributed by atoms with Crippen LogP contribution in [0.1, 0.15) is 51.5 Å². The third kappa shape index (κ3) is 5.23. The van der Waals surface area contributed by atoms with Crippen molar-refractivity contribution in [1.82, 2.24) is 24.8 Å². The summed E-state index contributed by atoms with van der Waals surface area (Å²) < 4.78 is 37.6. The summed E-state index contributed by atoms with van der Waals surface area (Å²) in [7, 11) is 0. The van der Waals surface area contributed by atoms with Crippen LogP contribution in [0.25, 0.3) is 32.9 Å². The molecule has 0 aliphatic carbocycles. The molecule has 248 valence electrons. The van der Waals surface area contributed by atoms with Crippen LogP contribution >= 0.6 is 0 Å². The van der Waals surface area contributed by atoms with E-state index in [-0.39, 0.29) is 41.8 Å². The Kier molecular flexibility index (Phi) is 8.46. The lowest BCUT2D eigenvalue weighted by Crippen LogP contribution is -2.58. The number of piperazine rings is 1. The second-order valence-corrected chi connectivity index (χ2v) is 12.9. The van der Waals surface area contributed by atoms with Crippen LogP contribution < -0.4 is 15.0 Å². The molecular weight excluding hydrogens is 612 g/mol. The van der Waals surface area contributed by atoms with Crippen molar-refractivity contribution in [3.8, 4) is 29.6 Å². The zero-order valence-electron chi connectivity index (χ0n) is 27.3. The average Bonchev–Trinajstić information content (AvgIpc) is 3.73. The van der Waals surface area contributed by atoms with E-state index in [1.807, 2.05) is 55.1 Å². The SMILES string of the molecule is C#Cc1cccc2cccc(-c3ncc4c(N5CC6CCC(C5)N6C(=O)C=[NH2+])nc(OCC56CCCN5CC(F)C6)nc4c3F)c12.CC. The fourth-order valence-corrected chi connectivity index (χ4v) is 8.34. The van der Waals surface area contributed by atoms with Gasteiger partial charge < -0.3 is 14.5 Å². The van der Waals surface area contributed by atoms with Crippen LogP contribution in [0.4, 0.5) is 14.6 Å². The van der Waals surface area contributed by atoms with Gasteiger partial charge in [0.1, 0.15) is 29.8 Å². The Balaban J connectivity index is 0.00000179. The molecule has 9 nitrogen and oxygen atoms in total. The van der Waals surface area contributed by atoms with Gasteiger partial charge in [-0.25, -0.2) is 8.78 Å². The van der Waals surface area contributed by atoms with Crippen molar-refractivity contribution in [2.45, 2.75) is 69.7 Å². The van der Waals surface area contributed by atoms with E-state index in [1.54, 1.807) is 6.20 Å². The van der Waals surface area contributed by atoms with Gasteiger partial charge in [-0.2, -0.15) is 9.97 Å². The number of hydrogen-bond acceptors (Lipinski definition) is 7. The maximum atomic E-state index is 16.8. The van der Waals surface area contributed by atoms with Gasteiger partial charge in [0, 0.05) is 48.8 Å². The first-order valence-electron chi connectivity index (χ1n) is 16.9. The standard InChI is InChI=1S/C35H33F2N7O2.C2H6/c1-2-21-6-3-7-22-8-4-9-26(29(21)22)31-30(37)32-27(16-39-31)33(42-18-24-10-11-25(19-42)44(24)28(45)15-38)41-34(40-32)46-20-35-12-5-13-43(35)17-23(36)14-35;1-2/h1,3-4,6-9,15-16,23-25,38H,5,10-14,17-20H2;1-2H3/p+1. The number of nitrogens with two attached hydrogens (primary N) is 1. The van der Waals surface area contributed by atoms with E-state index in [0.717, 1.165) is 49.2 Å². The number of benzene rings is 2. The molecule has 4 unspecified atom stereocenters. The molecule has 4 aromatic rings. The summed E-state index contributed by atoms with van der Waals surface area (Å²) in [4.78, 5) is 32.8. The van der Waals surface area contributed by atoms with Crippen molar-refractivity contribution in [2.75, 3.05) is 37.7 Å². The van der Waals surface area contributed by atoms with Gasteiger partial charge in [-0.1, -0.05) is 50.1 Å². The molecule has 48 heavy (non-hydrogen) atoms. The first kappa shape index (κ1) is 31.9. The van der Waals surface area contributed by atoms with E-state index in [4.69, 9.17) is 21.6 Å². The molecule has 4 aliphatic rings. The van der Waals surface area contributed by atoms with Crippen LogP contribution in [-0.4, -0.2) is 93.5 Å². The van der Waals surface area contributed by atoms with E-state index < -0.39 is 17.5 Å². The lowest BCUT2D eigenvalue weighted by atomic mass is 9.95. The molecule has 2 aromatic carbocycles. The number of halogens is 2. The van der Waals surface area contributed by atoms with Gasteiger partial charge in [0.05, 0.1) is 23.0 Å². The number of terminal acetylenes is 1. The maximum absolute atomic E-state index is 16.8. The number of carbonyl (C=O) groups excluding carboxylic acids is 1. The molecule has 2 aromatic heterocycles. The lowest BCUT2D eigenvalue weighted by molar-refractivity contribution is -0.141. The predicted molar refractivity (Wildman–Crippen MR) is 182 cm³/mol.